The monoisotopic (exact) mass is 297 g/mol. The summed E-state index contributed by atoms with van der Waals surface area (Å²) in [6.07, 6.45) is 4.85. The second-order valence-corrected chi connectivity index (χ2v) is 5.22. The topological polar surface area (TPSA) is 44.4 Å². The highest BCUT2D eigenvalue weighted by molar-refractivity contribution is 5.85. The van der Waals surface area contributed by atoms with Crippen LogP contribution in [0.25, 0.3) is 0 Å². The van der Waals surface area contributed by atoms with Crippen LogP contribution in [0.15, 0.2) is 0 Å². The highest BCUT2D eigenvalue weighted by Gasteiger charge is 2.21. The van der Waals surface area contributed by atoms with Crippen molar-refractivity contribution >= 4 is 30.7 Å². The Balaban J connectivity index is 0.00000144. The Kier molecular flexibility index (Phi) is 8.95. The number of hydrogen-bond acceptors (Lipinski definition) is 3. The minimum atomic E-state index is 0. The van der Waals surface area contributed by atoms with Crippen molar-refractivity contribution in [2.45, 2.75) is 31.7 Å². The number of piperidine rings is 1. The zero-order valence-corrected chi connectivity index (χ0v) is 12.6. The molecule has 0 aromatic heterocycles. The first-order valence-corrected chi connectivity index (χ1v) is 6.42. The lowest BCUT2D eigenvalue weighted by molar-refractivity contribution is -0.121. The molecule has 0 aromatic carbocycles. The summed E-state index contributed by atoms with van der Waals surface area (Å²) < 4.78 is 0. The first-order valence-electron chi connectivity index (χ1n) is 6.42. The number of nitrogens with zero attached hydrogens (tertiary/aromatic N) is 1. The Morgan fingerprint density at radius 2 is 1.78 bits per heavy atom. The molecule has 1 heterocycles. The molecule has 0 atom stereocenters. The number of carbonyl (C=O) groups is 1. The van der Waals surface area contributed by atoms with Crippen molar-refractivity contribution in [2.75, 3.05) is 33.2 Å². The van der Waals surface area contributed by atoms with Gasteiger partial charge in [-0.15, -0.1) is 24.8 Å². The predicted octanol–water partition coefficient (Wildman–Crippen LogP) is 1.04. The van der Waals surface area contributed by atoms with Crippen molar-refractivity contribution in [1.82, 2.24) is 15.5 Å². The molecule has 0 aromatic rings. The maximum Gasteiger partial charge on any atom is 0.234 e. The smallest absolute Gasteiger partial charge is 0.234 e. The van der Waals surface area contributed by atoms with Gasteiger partial charge >= 0.3 is 0 Å². The predicted molar refractivity (Wildman–Crippen MR) is 78.8 cm³/mol. The molecule has 108 valence electrons. The van der Waals surface area contributed by atoms with Gasteiger partial charge in [0.25, 0.3) is 0 Å². The normalized spacial score (nSPS) is 20.7. The van der Waals surface area contributed by atoms with Gasteiger partial charge in [-0.3, -0.25) is 4.79 Å². The number of carbonyl (C=O) groups excluding carboxylic acids is 1. The SMILES string of the molecule is CN1CCC(NC(=O)CNCC2CC2)CC1.Cl.Cl. The lowest BCUT2D eigenvalue weighted by Gasteiger charge is -2.29. The van der Waals surface area contributed by atoms with Crippen molar-refractivity contribution in [1.29, 1.82) is 0 Å². The molecule has 0 bridgehead atoms. The number of amides is 1. The molecule has 2 fully saturated rings. The quantitative estimate of drug-likeness (QED) is 0.797. The molecule has 18 heavy (non-hydrogen) atoms. The van der Waals surface area contributed by atoms with E-state index in [9.17, 15) is 4.79 Å². The number of hydrogen-bond donors (Lipinski definition) is 2. The Bertz CT molecular complexity index is 241. The Labute approximate surface area is 122 Å². The van der Waals surface area contributed by atoms with Crippen LogP contribution in [-0.4, -0.2) is 50.1 Å². The van der Waals surface area contributed by atoms with E-state index in [2.05, 4.69) is 22.6 Å². The zero-order valence-electron chi connectivity index (χ0n) is 11.0. The van der Waals surface area contributed by atoms with E-state index in [1.54, 1.807) is 0 Å². The third-order valence-corrected chi connectivity index (χ3v) is 3.50. The largest absolute Gasteiger partial charge is 0.352 e. The summed E-state index contributed by atoms with van der Waals surface area (Å²) in [6.45, 7) is 3.70. The molecule has 2 rings (SSSR count). The van der Waals surface area contributed by atoms with Crippen LogP contribution < -0.4 is 10.6 Å². The molecule has 0 radical (unpaired) electrons. The van der Waals surface area contributed by atoms with E-state index >= 15 is 0 Å². The van der Waals surface area contributed by atoms with Crippen LogP contribution in [0.4, 0.5) is 0 Å². The van der Waals surface area contributed by atoms with Crippen LogP contribution in [0, 0.1) is 5.92 Å². The van der Waals surface area contributed by atoms with Crippen LogP contribution in [0.2, 0.25) is 0 Å². The van der Waals surface area contributed by atoms with Gasteiger partial charge in [-0.1, -0.05) is 0 Å². The van der Waals surface area contributed by atoms with Crippen LogP contribution in [-0.2, 0) is 4.79 Å². The average molecular weight is 298 g/mol. The summed E-state index contributed by atoms with van der Waals surface area (Å²) in [5.41, 5.74) is 0. The Morgan fingerprint density at radius 3 is 2.33 bits per heavy atom. The molecule has 2 aliphatic rings. The molecule has 0 unspecified atom stereocenters. The van der Waals surface area contributed by atoms with E-state index in [1.165, 1.54) is 12.8 Å². The van der Waals surface area contributed by atoms with Gasteiger partial charge in [-0.2, -0.15) is 0 Å². The Hall–Kier alpha value is -0.0300. The van der Waals surface area contributed by atoms with Gasteiger partial charge in [0.1, 0.15) is 0 Å². The van der Waals surface area contributed by atoms with Gasteiger partial charge in [0.2, 0.25) is 5.91 Å². The van der Waals surface area contributed by atoms with E-state index in [1.807, 2.05) is 0 Å². The van der Waals surface area contributed by atoms with E-state index in [0.717, 1.165) is 38.4 Å². The molecule has 1 aliphatic carbocycles. The number of rotatable bonds is 5. The maximum absolute atomic E-state index is 11.6. The Morgan fingerprint density at radius 1 is 1.17 bits per heavy atom. The van der Waals surface area contributed by atoms with Crippen LogP contribution in [0.3, 0.4) is 0 Å². The van der Waals surface area contributed by atoms with E-state index in [-0.39, 0.29) is 30.7 Å². The lowest BCUT2D eigenvalue weighted by Crippen LogP contribution is -2.46. The van der Waals surface area contributed by atoms with E-state index in [4.69, 9.17) is 0 Å². The second kappa shape index (κ2) is 8.97. The molecular weight excluding hydrogens is 273 g/mol. The molecule has 1 aliphatic heterocycles. The highest BCUT2D eigenvalue weighted by atomic mass is 35.5. The van der Waals surface area contributed by atoms with E-state index in [0.29, 0.717) is 12.6 Å². The van der Waals surface area contributed by atoms with Crippen LogP contribution in [0.1, 0.15) is 25.7 Å². The first kappa shape index (κ1) is 18.0. The molecule has 1 saturated carbocycles. The molecular formula is C12H25Cl2N3O. The third kappa shape index (κ3) is 6.78. The minimum absolute atomic E-state index is 0. The zero-order chi connectivity index (χ0) is 11.4. The summed E-state index contributed by atoms with van der Waals surface area (Å²) in [6, 6.07) is 0.395. The van der Waals surface area contributed by atoms with Gasteiger partial charge in [-0.25, -0.2) is 0 Å². The van der Waals surface area contributed by atoms with Crippen molar-refractivity contribution in [2.24, 2.45) is 5.92 Å². The highest BCUT2D eigenvalue weighted by Crippen LogP contribution is 2.27. The molecule has 1 saturated heterocycles. The summed E-state index contributed by atoms with van der Waals surface area (Å²) in [7, 11) is 2.13. The number of nitrogens with one attached hydrogen (secondary N) is 2. The summed E-state index contributed by atoms with van der Waals surface area (Å²) in [4.78, 5) is 13.9. The van der Waals surface area contributed by atoms with Crippen molar-refractivity contribution in [3.63, 3.8) is 0 Å². The van der Waals surface area contributed by atoms with Gasteiger partial charge < -0.3 is 15.5 Å². The van der Waals surface area contributed by atoms with Crippen molar-refractivity contribution in [3.8, 4) is 0 Å². The molecule has 0 spiro atoms. The molecule has 2 N–H and O–H groups in total. The summed E-state index contributed by atoms with van der Waals surface area (Å²) in [5, 5.41) is 6.33. The average Bonchev–Trinajstić information content (AvgIpc) is 3.05. The van der Waals surface area contributed by atoms with Crippen LogP contribution >= 0.6 is 24.8 Å². The third-order valence-electron chi connectivity index (χ3n) is 3.50. The fourth-order valence-electron chi connectivity index (χ4n) is 2.14. The fourth-order valence-corrected chi connectivity index (χ4v) is 2.14. The van der Waals surface area contributed by atoms with Gasteiger partial charge in [0.15, 0.2) is 0 Å². The summed E-state index contributed by atoms with van der Waals surface area (Å²) in [5.74, 6) is 1.01. The lowest BCUT2D eigenvalue weighted by atomic mass is 10.1. The second-order valence-electron chi connectivity index (χ2n) is 5.22. The van der Waals surface area contributed by atoms with E-state index < -0.39 is 0 Å². The first-order chi connectivity index (χ1) is 7.74. The summed E-state index contributed by atoms with van der Waals surface area (Å²) >= 11 is 0. The molecule has 4 nitrogen and oxygen atoms in total. The number of likely N-dealkylation sites (tertiary alicyclic amines) is 1. The van der Waals surface area contributed by atoms with Gasteiger partial charge in [0.05, 0.1) is 6.54 Å². The minimum Gasteiger partial charge on any atom is -0.352 e. The number of halogens is 2. The van der Waals surface area contributed by atoms with Gasteiger partial charge in [-0.05, 0) is 58.3 Å². The van der Waals surface area contributed by atoms with Crippen LogP contribution in [0.5, 0.6) is 0 Å². The molecule has 1 amide bonds. The fraction of sp³-hybridized carbons (Fsp3) is 0.917. The maximum atomic E-state index is 11.6. The van der Waals surface area contributed by atoms with Crippen molar-refractivity contribution in [3.05, 3.63) is 0 Å². The van der Waals surface area contributed by atoms with Crippen molar-refractivity contribution < 1.29 is 4.79 Å². The van der Waals surface area contributed by atoms with Gasteiger partial charge in [0, 0.05) is 6.04 Å². The molecule has 6 heteroatoms. The standard InChI is InChI=1S/C12H23N3O.2ClH/c1-15-6-4-11(5-7-15)14-12(16)9-13-8-10-2-3-10;;/h10-11,13H,2-9H2,1H3,(H,14,16);2*1H.